The van der Waals surface area contributed by atoms with Crippen LogP contribution in [0, 0.1) is 5.82 Å². The highest BCUT2D eigenvalue weighted by molar-refractivity contribution is 5.68. The average molecular weight is 264 g/mol. The molecule has 5 nitrogen and oxygen atoms in total. The first kappa shape index (κ1) is 13.2. The van der Waals surface area contributed by atoms with E-state index in [1.165, 1.54) is 12.1 Å². The fourth-order valence-corrected chi connectivity index (χ4v) is 1.81. The van der Waals surface area contributed by atoms with Gasteiger partial charge in [-0.15, -0.1) is 10.2 Å². The second-order valence-electron chi connectivity index (χ2n) is 4.06. The molecule has 100 valence electrons. The van der Waals surface area contributed by atoms with Gasteiger partial charge in [-0.25, -0.2) is 4.39 Å². The van der Waals surface area contributed by atoms with E-state index in [0.29, 0.717) is 12.3 Å². The fourth-order valence-electron chi connectivity index (χ4n) is 1.81. The molecule has 0 aliphatic rings. The summed E-state index contributed by atoms with van der Waals surface area (Å²) in [6.07, 6.45) is 0.246. The molecular formula is C13H13FN2O3. The Hall–Kier alpha value is -2.24. The van der Waals surface area contributed by atoms with E-state index in [4.69, 9.17) is 9.52 Å². The molecule has 6 heteroatoms. The van der Waals surface area contributed by atoms with Gasteiger partial charge in [0.1, 0.15) is 5.82 Å². The van der Waals surface area contributed by atoms with Crippen LogP contribution in [-0.4, -0.2) is 21.3 Å². The number of carboxylic acid groups (broad SMARTS) is 1. The average Bonchev–Trinajstić information content (AvgIpc) is 2.85. The number of hydrogen-bond donors (Lipinski definition) is 1. The highest BCUT2D eigenvalue weighted by atomic mass is 19.1. The number of aryl methyl sites for hydroxylation is 1. The smallest absolute Gasteiger partial charge is 0.304 e. The third kappa shape index (κ3) is 2.96. The highest BCUT2D eigenvalue weighted by Gasteiger charge is 2.26. The first-order valence-corrected chi connectivity index (χ1v) is 5.90. The molecule has 19 heavy (non-hydrogen) atoms. The normalized spacial score (nSPS) is 12.3. The number of carboxylic acids is 1. The van der Waals surface area contributed by atoms with Crippen molar-refractivity contribution in [3.8, 4) is 0 Å². The summed E-state index contributed by atoms with van der Waals surface area (Å²) in [5.74, 6) is -1.77. The lowest BCUT2D eigenvalue weighted by Gasteiger charge is -2.11. The van der Waals surface area contributed by atoms with E-state index >= 15 is 0 Å². The minimum atomic E-state index is -1.05. The van der Waals surface area contributed by atoms with E-state index in [-0.39, 0.29) is 17.9 Å². The Labute approximate surface area is 109 Å². The predicted octanol–water partition coefficient (Wildman–Crippen LogP) is 2.38. The van der Waals surface area contributed by atoms with Crippen molar-refractivity contribution in [3.05, 3.63) is 47.4 Å². The molecule has 0 amide bonds. The SMILES string of the molecule is CCc1nnc(C(CC(=O)O)c2ccccc2F)o1. The molecule has 1 aromatic carbocycles. The Kier molecular flexibility index (Phi) is 3.89. The van der Waals surface area contributed by atoms with Crippen molar-refractivity contribution >= 4 is 5.97 Å². The summed E-state index contributed by atoms with van der Waals surface area (Å²) in [5, 5.41) is 16.5. The Bertz CT molecular complexity index is 583. The van der Waals surface area contributed by atoms with Gasteiger partial charge in [0.05, 0.1) is 12.3 Å². The first-order chi connectivity index (χ1) is 9.11. The number of carbonyl (C=O) groups is 1. The van der Waals surface area contributed by atoms with Crippen LogP contribution in [0.15, 0.2) is 28.7 Å². The van der Waals surface area contributed by atoms with Crippen LogP contribution in [0.25, 0.3) is 0 Å². The molecule has 1 heterocycles. The Morgan fingerprint density at radius 1 is 1.42 bits per heavy atom. The molecule has 1 unspecified atom stereocenters. The molecule has 1 aromatic heterocycles. The van der Waals surface area contributed by atoms with Gasteiger partial charge in [-0.05, 0) is 6.07 Å². The van der Waals surface area contributed by atoms with Gasteiger partial charge in [0.2, 0.25) is 11.8 Å². The molecule has 0 radical (unpaired) electrons. The summed E-state index contributed by atoms with van der Waals surface area (Å²) in [6.45, 7) is 1.84. The van der Waals surface area contributed by atoms with Crippen LogP contribution < -0.4 is 0 Å². The molecule has 0 aliphatic heterocycles. The largest absolute Gasteiger partial charge is 0.481 e. The summed E-state index contributed by atoms with van der Waals surface area (Å²) < 4.78 is 19.1. The van der Waals surface area contributed by atoms with Gasteiger partial charge in [0, 0.05) is 12.0 Å². The molecule has 1 atom stereocenters. The predicted molar refractivity (Wildman–Crippen MR) is 64.2 cm³/mol. The lowest BCUT2D eigenvalue weighted by molar-refractivity contribution is -0.137. The van der Waals surface area contributed by atoms with E-state index < -0.39 is 17.7 Å². The Morgan fingerprint density at radius 3 is 2.74 bits per heavy atom. The zero-order chi connectivity index (χ0) is 13.8. The molecule has 0 bridgehead atoms. The maximum atomic E-state index is 13.8. The molecule has 0 saturated heterocycles. The topological polar surface area (TPSA) is 76.2 Å². The summed E-state index contributed by atoms with van der Waals surface area (Å²) in [4.78, 5) is 10.9. The number of benzene rings is 1. The number of aliphatic carboxylic acids is 1. The highest BCUT2D eigenvalue weighted by Crippen LogP contribution is 2.29. The maximum Gasteiger partial charge on any atom is 0.304 e. The minimum Gasteiger partial charge on any atom is -0.481 e. The van der Waals surface area contributed by atoms with Crippen molar-refractivity contribution in [2.24, 2.45) is 0 Å². The summed E-state index contributed by atoms with van der Waals surface area (Å²) in [5.41, 5.74) is 0.246. The van der Waals surface area contributed by atoms with Crippen molar-refractivity contribution < 1.29 is 18.7 Å². The summed E-state index contributed by atoms with van der Waals surface area (Å²) >= 11 is 0. The molecule has 0 fully saturated rings. The van der Waals surface area contributed by atoms with Crippen molar-refractivity contribution in [2.75, 3.05) is 0 Å². The second-order valence-corrected chi connectivity index (χ2v) is 4.06. The van der Waals surface area contributed by atoms with E-state index in [0.717, 1.165) is 0 Å². The van der Waals surface area contributed by atoms with E-state index in [1.807, 2.05) is 6.92 Å². The Morgan fingerprint density at radius 2 is 2.16 bits per heavy atom. The van der Waals surface area contributed by atoms with Crippen LogP contribution in [0.2, 0.25) is 0 Å². The van der Waals surface area contributed by atoms with E-state index in [9.17, 15) is 9.18 Å². The van der Waals surface area contributed by atoms with Gasteiger partial charge < -0.3 is 9.52 Å². The van der Waals surface area contributed by atoms with Gasteiger partial charge >= 0.3 is 5.97 Å². The molecule has 0 saturated carbocycles. The number of rotatable bonds is 5. The van der Waals surface area contributed by atoms with Crippen LogP contribution in [0.4, 0.5) is 4.39 Å². The number of nitrogens with zero attached hydrogens (tertiary/aromatic N) is 2. The number of aromatic nitrogens is 2. The summed E-state index contributed by atoms with van der Waals surface area (Å²) in [6, 6.07) is 5.99. The quantitative estimate of drug-likeness (QED) is 0.897. The summed E-state index contributed by atoms with van der Waals surface area (Å²) in [7, 11) is 0. The number of hydrogen-bond acceptors (Lipinski definition) is 4. The second kappa shape index (κ2) is 5.60. The van der Waals surface area contributed by atoms with Crippen LogP contribution >= 0.6 is 0 Å². The van der Waals surface area contributed by atoms with Crippen molar-refractivity contribution in [1.29, 1.82) is 0 Å². The minimum absolute atomic E-state index is 0.129. The van der Waals surface area contributed by atoms with E-state index in [1.54, 1.807) is 12.1 Å². The lowest BCUT2D eigenvalue weighted by Crippen LogP contribution is -2.10. The third-order valence-electron chi connectivity index (χ3n) is 2.74. The monoisotopic (exact) mass is 264 g/mol. The zero-order valence-corrected chi connectivity index (χ0v) is 10.3. The zero-order valence-electron chi connectivity index (χ0n) is 10.3. The number of halogens is 1. The van der Waals surface area contributed by atoms with Crippen LogP contribution in [0.5, 0.6) is 0 Å². The molecule has 2 rings (SSSR count). The van der Waals surface area contributed by atoms with Crippen molar-refractivity contribution in [2.45, 2.75) is 25.7 Å². The maximum absolute atomic E-state index is 13.8. The van der Waals surface area contributed by atoms with Gasteiger partial charge in [0.25, 0.3) is 0 Å². The first-order valence-electron chi connectivity index (χ1n) is 5.90. The van der Waals surface area contributed by atoms with Gasteiger partial charge in [-0.1, -0.05) is 25.1 Å². The standard InChI is InChI=1S/C13H13FN2O3/c1-2-11-15-16-13(19-11)9(7-12(17)18)8-5-3-4-6-10(8)14/h3-6,9H,2,7H2,1H3,(H,17,18). The van der Waals surface area contributed by atoms with Crippen LogP contribution in [0.3, 0.4) is 0 Å². The molecular weight excluding hydrogens is 251 g/mol. The molecule has 0 spiro atoms. The molecule has 0 aliphatic carbocycles. The van der Waals surface area contributed by atoms with Gasteiger partial charge in [-0.3, -0.25) is 4.79 Å². The fraction of sp³-hybridized carbons (Fsp3) is 0.308. The van der Waals surface area contributed by atoms with Gasteiger partial charge in [0.15, 0.2) is 0 Å². The van der Waals surface area contributed by atoms with Crippen molar-refractivity contribution in [3.63, 3.8) is 0 Å². The van der Waals surface area contributed by atoms with Gasteiger partial charge in [-0.2, -0.15) is 0 Å². The lowest BCUT2D eigenvalue weighted by atomic mass is 9.95. The molecule has 2 aromatic rings. The van der Waals surface area contributed by atoms with Crippen LogP contribution in [-0.2, 0) is 11.2 Å². The van der Waals surface area contributed by atoms with Crippen molar-refractivity contribution in [1.82, 2.24) is 10.2 Å². The molecule has 1 N–H and O–H groups in total. The van der Waals surface area contributed by atoms with E-state index in [2.05, 4.69) is 10.2 Å². The third-order valence-corrected chi connectivity index (χ3v) is 2.74. The van der Waals surface area contributed by atoms with Crippen LogP contribution in [0.1, 0.15) is 36.6 Å². The Balaban J connectivity index is 2.41.